The highest BCUT2D eigenvalue weighted by Gasteiger charge is 2.28. The van der Waals surface area contributed by atoms with E-state index in [2.05, 4.69) is 19.1 Å². The number of ketones is 1. The normalized spacial score (nSPS) is 19.2. The van der Waals surface area contributed by atoms with Gasteiger partial charge in [-0.05, 0) is 30.9 Å². The summed E-state index contributed by atoms with van der Waals surface area (Å²) in [5.74, 6) is 0.542. The van der Waals surface area contributed by atoms with Crippen LogP contribution >= 0.6 is 0 Å². The van der Waals surface area contributed by atoms with E-state index in [1.807, 2.05) is 24.0 Å². The summed E-state index contributed by atoms with van der Waals surface area (Å²) in [6, 6.07) is 8.19. The van der Waals surface area contributed by atoms with E-state index in [0.717, 1.165) is 12.8 Å². The van der Waals surface area contributed by atoms with Gasteiger partial charge in [0.15, 0.2) is 0 Å². The number of amides is 1. The summed E-state index contributed by atoms with van der Waals surface area (Å²) >= 11 is 0. The molecule has 1 aliphatic rings. The van der Waals surface area contributed by atoms with E-state index in [4.69, 9.17) is 0 Å². The topological polar surface area (TPSA) is 37.4 Å². The van der Waals surface area contributed by atoms with Gasteiger partial charge in [0.1, 0.15) is 5.78 Å². The maximum atomic E-state index is 12.3. The molecular weight excluding hydrogens is 250 g/mol. The van der Waals surface area contributed by atoms with E-state index in [-0.39, 0.29) is 11.8 Å². The Morgan fingerprint density at radius 1 is 1.35 bits per heavy atom. The number of rotatable bonds is 4. The first kappa shape index (κ1) is 14.8. The van der Waals surface area contributed by atoms with Crippen molar-refractivity contribution in [1.82, 2.24) is 4.90 Å². The SMILES string of the molecule is CCC1CN(C(=O)CCc2ccccc2C)CCC1=O. The van der Waals surface area contributed by atoms with Gasteiger partial charge in [-0.3, -0.25) is 9.59 Å². The molecule has 1 aromatic carbocycles. The number of benzene rings is 1. The van der Waals surface area contributed by atoms with Crippen molar-refractivity contribution < 1.29 is 9.59 Å². The van der Waals surface area contributed by atoms with Crippen molar-refractivity contribution >= 4 is 11.7 Å². The van der Waals surface area contributed by atoms with Gasteiger partial charge in [-0.2, -0.15) is 0 Å². The van der Waals surface area contributed by atoms with Gasteiger partial charge in [0, 0.05) is 31.8 Å². The highest BCUT2D eigenvalue weighted by Crippen LogP contribution is 2.18. The van der Waals surface area contributed by atoms with Gasteiger partial charge < -0.3 is 4.90 Å². The number of carbonyl (C=O) groups excluding carboxylic acids is 2. The van der Waals surface area contributed by atoms with E-state index in [1.54, 1.807) is 0 Å². The van der Waals surface area contributed by atoms with Gasteiger partial charge in [0.05, 0.1) is 0 Å². The van der Waals surface area contributed by atoms with Crippen molar-refractivity contribution in [2.75, 3.05) is 13.1 Å². The average Bonchev–Trinajstić information content (AvgIpc) is 2.46. The number of hydrogen-bond donors (Lipinski definition) is 0. The second kappa shape index (κ2) is 6.69. The molecule has 20 heavy (non-hydrogen) atoms. The molecule has 0 radical (unpaired) electrons. The zero-order valence-electron chi connectivity index (χ0n) is 12.4. The summed E-state index contributed by atoms with van der Waals surface area (Å²) in [6.45, 7) is 5.31. The molecule has 0 N–H and O–H groups in total. The first-order valence-corrected chi connectivity index (χ1v) is 7.46. The molecular formula is C17H23NO2. The molecule has 3 nitrogen and oxygen atoms in total. The third-order valence-electron chi connectivity index (χ3n) is 4.24. The van der Waals surface area contributed by atoms with Crippen LogP contribution in [0.4, 0.5) is 0 Å². The third-order valence-corrected chi connectivity index (χ3v) is 4.24. The van der Waals surface area contributed by atoms with Gasteiger partial charge in [-0.15, -0.1) is 0 Å². The molecule has 1 aromatic rings. The summed E-state index contributed by atoms with van der Waals surface area (Å²) in [7, 11) is 0. The van der Waals surface area contributed by atoms with E-state index in [1.165, 1.54) is 11.1 Å². The van der Waals surface area contributed by atoms with Crippen LogP contribution in [0.5, 0.6) is 0 Å². The first-order chi connectivity index (χ1) is 9.61. The molecule has 1 saturated heterocycles. The molecule has 3 heteroatoms. The molecule has 0 bridgehead atoms. The van der Waals surface area contributed by atoms with Crippen molar-refractivity contribution in [3.05, 3.63) is 35.4 Å². The lowest BCUT2D eigenvalue weighted by Gasteiger charge is -2.31. The Kier molecular flexibility index (Phi) is 4.94. The molecule has 0 saturated carbocycles. The maximum absolute atomic E-state index is 12.3. The molecule has 1 aliphatic heterocycles. The first-order valence-electron chi connectivity index (χ1n) is 7.46. The van der Waals surface area contributed by atoms with Gasteiger partial charge in [0.2, 0.25) is 5.91 Å². The van der Waals surface area contributed by atoms with Crippen molar-refractivity contribution in [3.8, 4) is 0 Å². The Labute approximate surface area is 121 Å². The molecule has 0 aromatic heterocycles. The number of nitrogens with zero attached hydrogens (tertiary/aromatic N) is 1. The minimum absolute atomic E-state index is 0.0474. The Bertz CT molecular complexity index is 496. The summed E-state index contributed by atoms with van der Waals surface area (Å²) in [6.07, 6.45) is 2.68. The van der Waals surface area contributed by atoms with Crippen LogP contribution < -0.4 is 0 Å². The van der Waals surface area contributed by atoms with E-state index in [9.17, 15) is 9.59 Å². The number of aryl methyl sites for hydroxylation is 2. The molecule has 1 amide bonds. The van der Waals surface area contributed by atoms with Gasteiger partial charge in [-0.25, -0.2) is 0 Å². The minimum Gasteiger partial charge on any atom is -0.342 e. The average molecular weight is 273 g/mol. The smallest absolute Gasteiger partial charge is 0.222 e. The number of hydrogen-bond acceptors (Lipinski definition) is 2. The highest BCUT2D eigenvalue weighted by molar-refractivity contribution is 5.85. The van der Waals surface area contributed by atoms with E-state index >= 15 is 0 Å². The van der Waals surface area contributed by atoms with Crippen LogP contribution in [-0.4, -0.2) is 29.7 Å². The lowest BCUT2D eigenvalue weighted by atomic mass is 9.93. The van der Waals surface area contributed by atoms with Crippen LogP contribution in [0.3, 0.4) is 0 Å². The van der Waals surface area contributed by atoms with Crippen molar-refractivity contribution in [2.45, 2.75) is 39.5 Å². The molecule has 1 heterocycles. The fourth-order valence-corrected chi connectivity index (χ4v) is 2.78. The van der Waals surface area contributed by atoms with Gasteiger partial charge >= 0.3 is 0 Å². The molecule has 0 spiro atoms. The maximum Gasteiger partial charge on any atom is 0.222 e. The predicted octanol–water partition coefficient (Wildman–Crippen LogP) is 2.76. The Morgan fingerprint density at radius 3 is 2.80 bits per heavy atom. The summed E-state index contributed by atoms with van der Waals surface area (Å²) in [5, 5.41) is 0. The second-order valence-electron chi connectivity index (χ2n) is 5.59. The molecule has 0 aliphatic carbocycles. The lowest BCUT2D eigenvalue weighted by molar-refractivity contribution is -0.137. The van der Waals surface area contributed by atoms with E-state index < -0.39 is 0 Å². The predicted molar refractivity (Wildman–Crippen MR) is 79.5 cm³/mol. The lowest BCUT2D eigenvalue weighted by Crippen LogP contribution is -2.44. The summed E-state index contributed by atoms with van der Waals surface area (Å²) in [5.41, 5.74) is 2.47. The molecule has 108 valence electrons. The Balaban J connectivity index is 1.89. The molecule has 1 unspecified atom stereocenters. The zero-order chi connectivity index (χ0) is 14.5. The summed E-state index contributed by atoms with van der Waals surface area (Å²) < 4.78 is 0. The van der Waals surface area contributed by atoms with E-state index in [0.29, 0.717) is 31.7 Å². The fraction of sp³-hybridized carbons (Fsp3) is 0.529. The quantitative estimate of drug-likeness (QED) is 0.846. The van der Waals surface area contributed by atoms with Crippen molar-refractivity contribution in [3.63, 3.8) is 0 Å². The molecule has 2 rings (SSSR count). The molecule has 1 fully saturated rings. The number of Topliss-reactive ketones (excluding diaryl/α,β-unsaturated/α-hetero) is 1. The number of carbonyl (C=O) groups is 2. The number of likely N-dealkylation sites (tertiary alicyclic amines) is 1. The van der Waals surface area contributed by atoms with Crippen LogP contribution in [0.2, 0.25) is 0 Å². The van der Waals surface area contributed by atoms with Gasteiger partial charge in [-0.1, -0.05) is 31.2 Å². The Hall–Kier alpha value is -1.64. The fourth-order valence-electron chi connectivity index (χ4n) is 2.78. The van der Waals surface area contributed by atoms with Crippen LogP contribution in [0.15, 0.2) is 24.3 Å². The summed E-state index contributed by atoms with van der Waals surface area (Å²) in [4.78, 5) is 25.8. The van der Waals surface area contributed by atoms with Crippen LogP contribution in [-0.2, 0) is 16.0 Å². The largest absolute Gasteiger partial charge is 0.342 e. The van der Waals surface area contributed by atoms with Gasteiger partial charge in [0.25, 0.3) is 0 Å². The second-order valence-corrected chi connectivity index (χ2v) is 5.59. The van der Waals surface area contributed by atoms with Crippen molar-refractivity contribution in [1.29, 1.82) is 0 Å². The Morgan fingerprint density at radius 2 is 2.10 bits per heavy atom. The zero-order valence-corrected chi connectivity index (χ0v) is 12.4. The monoisotopic (exact) mass is 273 g/mol. The highest BCUT2D eigenvalue weighted by atomic mass is 16.2. The standard InChI is InChI=1S/C17H23NO2/c1-3-14-12-18(11-10-16(14)19)17(20)9-8-15-7-5-4-6-13(15)2/h4-7,14H,3,8-12H2,1-2H3. The third kappa shape index (κ3) is 3.47. The number of piperidine rings is 1. The van der Waals surface area contributed by atoms with Crippen LogP contribution in [0.25, 0.3) is 0 Å². The minimum atomic E-state index is 0.0474. The van der Waals surface area contributed by atoms with Crippen LogP contribution in [0.1, 0.15) is 37.3 Å². The van der Waals surface area contributed by atoms with Crippen molar-refractivity contribution in [2.24, 2.45) is 5.92 Å². The van der Waals surface area contributed by atoms with Crippen LogP contribution in [0, 0.1) is 12.8 Å². The molecule has 1 atom stereocenters.